The van der Waals surface area contributed by atoms with Crippen molar-refractivity contribution in [3.05, 3.63) is 11.9 Å². The maximum absolute atomic E-state index is 12.5. The second-order valence-corrected chi connectivity index (χ2v) is 4.95. The number of aryl methyl sites for hydroxylation is 1. The van der Waals surface area contributed by atoms with E-state index in [1.165, 1.54) is 0 Å². The number of nitrogens with zero attached hydrogens (tertiary/aromatic N) is 3. The van der Waals surface area contributed by atoms with Crippen LogP contribution in [-0.2, 0) is 6.54 Å². The number of carbonyl (C=O) groups is 1. The molecule has 2 rings (SSSR count). The summed E-state index contributed by atoms with van der Waals surface area (Å²) in [5, 5.41) is 13.3. The van der Waals surface area contributed by atoms with Crippen molar-refractivity contribution in [2.24, 2.45) is 0 Å². The molecule has 0 aromatic carbocycles. The van der Waals surface area contributed by atoms with E-state index in [2.05, 4.69) is 5.10 Å². The van der Waals surface area contributed by atoms with Crippen LogP contribution in [0.15, 0.2) is 6.20 Å². The fourth-order valence-corrected chi connectivity index (χ4v) is 2.62. The first kappa shape index (κ1) is 13.9. The second-order valence-electron chi connectivity index (χ2n) is 4.95. The molecule has 3 N–H and O–H groups in total. The SMILES string of the molecule is CCn1cc(N)c(C(=O)N2CCCCC2CCO)n1. The highest BCUT2D eigenvalue weighted by Crippen LogP contribution is 2.23. The molecule has 1 aliphatic heterocycles. The minimum Gasteiger partial charge on any atom is -0.396 e. The van der Waals surface area contributed by atoms with Gasteiger partial charge >= 0.3 is 0 Å². The minimum atomic E-state index is -0.108. The molecule has 1 aliphatic rings. The maximum Gasteiger partial charge on any atom is 0.276 e. The molecule has 106 valence electrons. The predicted molar refractivity (Wildman–Crippen MR) is 72.7 cm³/mol. The van der Waals surface area contributed by atoms with Gasteiger partial charge in [-0.3, -0.25) is 9.48 Å². The Labute approximate surface area is 113 Å². The molecular weight excluding hydrogens is 244 g/mol. The Morgan fingerprint density at radius 2 is 2.37 bits per heavy atom. The van der Waals surface area contributed by atoms with E-state index >= 15 is 0 Å². The molecule has 1 aromatic rings. The molecule has 1 fully saturated rings. The number of carbonyl (C=O) groups excluding carboxylic acids is 1. The number of amides is 1. The van der Waals surface area contributed by atoms with Gasteiger partial charge in [0.2, 0.25) is 0 Å². The van der Waals surface area contributed by atoms with Crippen LogP contribution >= 0.6 is 0 Å². The van der Waals surface area contributed by atoms with Crippen molar-refractivity contribution >= 4 is 11.6 Å². The number of nitrogen functional groups attached to an aromatic ring is 1. The van der Waals surface area contributed by atoms with Gasteiger partial charge in [-0.05, 0) is 32.6 Å². The summed E-state index contributed by atoms with van der Waals surface area (Å²) in [7, 11) is 0. The van der Waals surface area contributed by atoms with Gasteiger partial charge in [0.1, 0.15) is 0 Å². The van der Waals surface area contributed by atoms with Crippen molar-refractivity contribution < 1.29 is 9.90 Å². The van der Waals surface area contributed by atoms with Crippen molar-refractivity contribution in [1.29, 1.82) is 0 Å². The van der Waals surface area contributed by atoms with Gasteiger partial charge in [0, 0.05) is 31.9 Å². The van der Waals surface area contributed by atoms with Crippen molar-refractivity contribution in [1.82, 2.24) is 14.7 Å². The molecule has 19 heavy (non-hydrogen) atoms. The Balaban J connectivity index is 2.18. The topological polar surface area (TPSA) is 84.4 Å². The number of likely N-dealkylation sites (tertiary alicyclic amines) is 1. The van der Waals surface area contributed by atoms with Crippen molar-refractivity contribution in [2.45, 2.75) is 45.2 Å². The molecule has 0 saturated carbocycles. The van der Waals surface area contributed by atoms with E-state index in [4.69, 9.17) is 10.8 Å². The third-order valence-electron chi connectivity index (χ3n) is 3.67. The molecular formula is C13H22N4O2. The van der Waals surface area contributed by atoms with Crippen LogP contribution < -0.4 is 5.73 Å². The van der Waals surface area contributed by atoms with Gasteiger partial charge < -0.3 is 15.7 Å². The first-order valence-corrected chi connectivity index (χ1v) is 6.92. The summed E-state index contributed by atoms with van der Waals surface area (Å²) in [6, 6.07) is 0.109. The number of hydrogen-bond donors (Lipinski definition) is 2. The zero-order chi connectivity index (χ0) is 13.8. The summed E-state index contributed by atoms with van der Waals surface area (Å²) in [6.07, 6.45) is 5.37. The molecule has 6 heteroatoms. The molecule has 0 radical (unpaired) electrons. The van der Waals surface area contributed by atoms with Gasteiger partial charge in [-0.15, -0.1) is 0 Å². The molecule has 0 aliphatic carbocycles. The van der Waals surface area contributed by atoms with E-state index in [0.29, 0.717) is 24.3 Å². The van der Waals surface area contributed by atoms with E-state index in [1.807, 2.05) is 11.8 Å². The lowest BCUT2D eigenvalue weighted by molar-refractivity contribution is 0.0569. The molecule has 1 unspecified atom stereocenters. The molecule has 6 nitrogen and oxygen atoms in total. The van der Waals surface area contributed by atoms with E-state index in [1.54, 1.807) is 10.9 Å². The average molecular weight is 266 g/mol. The minimum absolute atomic E-state index is 0.104. The summed E-state index contributed by atoms with van der Waals surface area (Å²) >= 11 is 0. The third-order valence-corrected chi connectivity index (χ3v) is 3.67. The van der Waals surface area contributed by atoms with Gasteiger partial charge in [0.05, 0.1) is 5.69 Å². The van der Waals surface area contributed by atoms with Crippen LogP contribution in [0.25, 0.3) is 0 Å². The quantitative estimate of drug-likeness (QED) is 0.846. The Bertz CT molecular complexity index is 442. The predicted octanol–water partition coefficient (Wildman–Crippen LogP) is 0.862. The highest BCUT2D eigenvalue weighted by molar-refractivity contribution is 5.97. The zero-order valence-electron chi connectivity index (χ0n) is 11.4. The highest BCUT2D eigenvalue weighted by atomic mass is 16.3. The van der Waals surface area contributed by atoms with Crippen LogP contribution in [0.1, 0.15) is 43.1 Å². The number of aromatic nitrogens is 2. The van der Waals surface area contributed by atoms with Crippen LogP contribution in [0.5, 0.6) is 0 Å². The lowest BCUT2D eigenvalue weighted by atomic mass is 9.99. The largest absolute Gasteiger partial charge is 0.396 e. The van der Waals surface area contributed by atoms with Gasteiger partial charge in [0.15, 0.2) is 5.69 Å². The van der Waals surface area contributed by atoms with Gasteiger partial charge in [-0.25, -0.2) is 0 Å². The summed E-state index contributed by atoms with van der Waals surface area (Å²) in [4.78, 5) is 14.3. The highest BCUT2D eigenvalue weighted by Gasteiger charge is 2.29. The molecule has 1 atom stereocenters. The smallest absolute Gasteiger partial charge is 0.276 e. The fraction of sp³-hybridized carbons (Fsp3) is 0.692. The fourth-order valence-electron chi connectivity index (χ4n) is 2.62. The summed E-state index contributed by atoms with van der Waals surface area (Å²) in [5.74, 6) is -0.108. The number of aliphatic hydroxyl groups excluding tert-OH is 1. The van der Waals surface area contributed by atoms with E-state index < -0.39 is 0 Å². The molecule has 2 heterocycles. The van der Waals surface area contributed by atoms with Crippen LogP contribution in [0.4, 0.5) is 5.69 Å². The first-order chi connectivity index (χ1) is 9.17. The second kappa shape index (κ2) is 6.06. The lowest BCUT2D eigenvalue weighted by Crippen LogP contribution is -2.44. The van der Waals surface area contributed by atoms with Gasteiger partial charge in [-0.2, -0.15) is 5.10 Å². The Kier molecular flexibility index (Phi) is 4.42. The molecule has 0 bridgehead atoms. The number of piperidine rings is 1. The van der Waals surface area contributed by atoms with Crippen LogP contribution in [0.3, 0.4) is 0 Å². The third kappa shape index (κ3) is 2.89. The lowest BCUT2D eigenvalue weighted by Gasteiger charge is -2.35. The summed E-state index contributed by atoms with van der Waals surface area (Å²) < 4.78 is 1.67. The van der Waals surface area contributed by atoms with Gasteiger partial charge in [0.25, 0.3) is 5.91 Å². The van der Waals surface area contributed by atoms with E-state index in [9.17, 15) is 4.79 Å². The molecule has 1 aromatic heterocycles. The van der Waals surface area contributed by atoms with Gasteiger partial charge in [-0.1, -0.05) is 0 Å². The average Bonchev–Trinajstić information content (AvgIpc) is 2.80. The zero-order valence-corrected chi connectivity index (χ0v) is 11.4. The Morgan fingerprint density at radius 3 is 3.00 bits per heavy atom. The number of anilines is 1. The van der Waals surface area contributed by atoms with Crippen molar-refractivity contribution in [2.75, 3.05) is 18.9 Å². The van der Waals surface area contributed by atoms with Crippen LogP contribution in [-0.4, -0.2) is 44.9 Å². The first-order valence-electron chi connectivity index (χ1n) is 6.92. The number of nitrogens with two attached hydrogens (primary N) is 1. The molecule has 1 amide bonds. The Hall–Kier alpha value is -1.56. The van der Waals surface area contributed by atoms with E-state index in [0.717, 1.165) is 25.8 Å². The summed E-state index contributed by atoms with van der Waals surface area (Å²) in [5.41, 5.74) is 6.63. The number of aliphatic hydroxyl groups is 1. The number of rotatable bonds is 4. The summed E-state index contributed by atoms with van der Waals surface area (Å²) in [6.45, 7) is 3.48. The van der Waals surface area contributed by atoms with E-state index in [-0.39, 0.29) is 18.6 Å². The van der Waals surface area contributed by atoms with Crippen molar-refractivity contribution in [3.63, 3.8) is 0 Å². The monoisotopic (exact) mass is 266 g/mol. The van der Waals surface area contributed by atoms with Crippen molar-refractivity contribution in [3.8, 4) is 0 Å². The number of hydrogen-bond acceptors (Lipinski definition) is 4. The molecule has 0 spiro atoms. The normalized spacial score (nSPS) is 19.7. The van der Waals surface area contributed by atoms with Crippen LogP contribution in [0.2, 0.25) is 0 Å². The molecule has 1 saturated heterocycles. The van der Waals surface area contributed by atoms with Crippen LogP contribution in [0, 0.1) is 0 Å². The standard InChI is InChI=1S/C13H22N4O2/c1-2-16-9-11(14)12(15-16)13(19)17-7-4-3-5-10(17)6-8-18/h9-10,18H,2-8,14H2,1H3. The maximum atomic E-state index is 12.5. The Morgan fingerprint density at radius 1 is 1.58 bits per heavy atom.